The van der Waals surface area contributed by atoms with Crippen LogP contribution in [0.4, 0.5) is 0 Å². The molecule has 0 aromatic heterocycles. The maximum absolute atomic E-state index is 5.75. The van der Waals surface area contributed by atoms with Crippen molar-refractivity contribution in [1.82, 2.24) is 0 Å². The molecule has 0 fully saturated rings. The zero-order chi connectivity index (χ0) is 4.00. The van der Waals surface area contributed by atoms with Gasteiger partial charge in [-0.25, -0.2) is 0 Å². The molecule has 0 aliphatic carbocycles. The zero-order valence-electron chi connectivity index (χ0n) is 4.19. The van der Waals surface area contributed by atoms with Crippen LogP contribution in [0.1, 0.15) is 6.92 Å². The van der Waals surface area contributed by atoms with Crippen molar-refractivity contribution in [3.63, 3.8) is 0 Å². The zero-order valence-corrected chi connectivity index (χ0v) is 9.96. The van der Waals surface area contributed by atoms with Crippen molar-refractivity contribution in [2.24, 2.45) is 0 Å². The maximum Gasteiger partial charge on any atom is 0 e. The molecular formula is C3H9NWY-2. The van der Waals surface area contributed by atoms with Gasteiger partial charge in [0.1, 0.15) is 0 Å². The first kappa shape index (κ1) is 25.1. The monoisotopic (exact) mass is 332 g/mol. The molecule has 0 rings (SSSR count). The first-order chi connectivity index (χ1) is 2.00. The second-order valence-electron chi connectivity index (χ2n) is 0. The van der Waals surface area contributed by atoms with Crippen LogP contribution in [0.3, 0.4) is 0 Å². The fourth-order valence-corrected chi connectivity index (χ4v) is 0. The second-order valence-corrected chi connectivity index (χ2v) is 0. The number of hydrogen-bond acceptors (Lipinski definition) is 0. The Morgan fingerprint density at radius 1 is 1.17 bits per heavy atom. The van der Waals surface area contributed by atoms with Crippen LogP contribution in [-0.2, 0) is 53.8 Å². The van der Waals surface area contributed by atoms with Gasteiger partial charge < -0.3 is 12.7 Å². The third-order valence-electron chi connectivity index (χ3n) is 0. The molecule has 6 heavy (non-hydrogen) atoms. The van der Waals surface area contributed by atoms with Gasteiger partial charge in [0.25, 0.3) is 0 Å². The average molecular weight is 332 g/mol. The van der Waals surface area contributed by atoms with E-state index in [9.17, 15) is 0 Å². The maximum atomic E-state index is 5.75. The number of rotatable bonds is 0. The molecule has 37 valence electrons. The summed E-state index contributed by atoms with van der Waals surface area (Å²) < 4.78 is 0. The van der Waals surface area contributed by atoms with Crippen molar-refractivity contribution in [3.05, 3.63) is 12.7 Å². The molecule has 3 heteroatoms. The second kappa shape index (κ2) is 72.8. The summed E-state index contributed by atoms with van der Waals surface area (Å²) in [7, 11) is 1.25. The molecule has 0 aromatic carbocycles. The predicted octanol–water partition coefficient (Wildman–Crippen LogP) is 1.50. The topological polar surface area (TPSA) is 23.8 Å². The molecule has 0 saturated carbocycles. The summed E-state index contributed by atoms with van der Waals surface area (Å²) in [6, 6.07) is 0. The van der Waals surface area contributed by atoms with Gasteiger partial charge in [-0.05, 0) is 0 Å². The third-order valence-corrected chi connectivity index (χ3v) is 0. The Hall–Kier alpha value is 1.75. The summed E-state index contributed by atoms with van der Waals surface area (Å²) >= 11 is 0. The van der Waals surface area contributed by atoms with E-state index in [1.54, 1.807) is 6.92 Å². The molecular weight excluding hydrogens is 323 g/mol. The molecule has 1 N–H and O–H groups in total. The SMILES string of the molecule is C[NH-].[CH2-]C.[W].[Y]. The van der Waals surface area contributed by atoms with Gasteiger partial charge in [-0.3, -0.25) is 0 Å². The fourth-order valence-electron chi connectivity index (χ4n) is 0. The Morgan fingerprint density at radius 2 is 1.17 bits per heavy atom. The minimum Gasteiger partial charge on any atom is -0.680 e. The number of hydrogen-bond donors (Lipinski definition) is 0. The summed E-state index contributed by atoms with van der Waals surface area (Å²) in [4.78, 5) is 0. The van der Waals surface area contributed by atoms with E-state index in [1.165, 1.54) is 7.05 Å². The van der Waals surface area contributed by atoms with Gasteiger partial charge in [-0.2, -0.15) is 14.0 Å². The van der Waals surface area contributed by atoms with Crippen LogP contribution in [0, 0.1) is 6.92 Å². The van der Waals surface area contributed by atoms with E-state index >= 15 is 0 Å². The molecule has 0 amide bonds. The predicted molar refractivity (Wildman–Crippen MR) is 21.3 cm³/mol. The van der Waals surface area contributed by atoms with Crippen molar-refractivity contribution >= 4 is 0 Å². The van der Waals surface area contributed by atoms with Crippen LogP contribution in [0.2, 0.25) is 0 Å². The van der Waals surface area contributed by atoms with E-state index in [-0.39, 0.29) is 53.8 Å². The Bertz CT molecular complexity index is 10.8. The minimum atomic E-state index is 0. The third kappa shape index (κ3) is 42.3. The molecule has 0 unspecified atom stereocenters. The van der Waals surface area contributed by atoms with Crippen LogP contribution >= 0.6 is 0 Å². The van der Waals surface area contributed by atoms with Gasteiger partial charge in [0.15, 0.2) is 0 Å². The van der Waals surface area contributed by atoms with Gasteiger partial charge in [0, 0.05) is 53.8 Å². The van der Waals surface area contributed by atoms with Crippen molar-refractivity contribution in [2.75, 3.05) is 7.05 Å². The molecule has 0 aliphatic heterocycles. The molecule has 1 radical (unpaired) electrons. The summed E-state index contributed by atoms with van der Waals surface area (Å²) in [6.07, 6.45) is 0. The van der Waals surface area contributed by atoms with Gasteiger partial charge in [0.2, 0.25) is 0 Å². The molecule has 0 heterocycles. The van der Waals surface area contributed by atoms with E-state index < -0.39 is 0 Å². The smallest absolute Gasteiger partial charge is 0 e. The summed E-state index contributed by atoms with van der Waals surface area (Å²) in [5.41, 5.74) is 5.75. The van der Waals surface area contributed by atoms with Gasteiger partial charge >= 0.3 is 0 Å². The molecule has 0 spiro atoms. The number of nitrogens with one attached hydrogen (secondary N) is 1. The average Bonchev–Trinajstić information content (AvgIpc) is 1.50. The largest absolute Gasteiger partial charge is 0.680 e. The summed E-state index contributed by atoms with van der Waals surface area (Å²) in [5, 5.41) is 0. The van der Waals surface area contributed by atoms with Crippen molar-refractivity contribution < 1.29 is 53.8 Å². The van der Waals surface area contributed by atoms with Crippen molar-refractivity contribution in [3.8, 4) is 0 Å². The molecule has 0 aliphatic rings. The molecule has 0 aromatic rings. The summed E-state index contributed by atoms with van der Waals surface area (Å²) in [5.74, 6) is 0. The first-order valence-electron chi connectivity index (χ1n) is 1.21. The van der Waals surface area contributed by atoms with Crippen LogP contribution in [0.15, 0.2) is 0 Å². The van der Waals surface area contributed by atoms with Gasteiger partial charge in [-0.1, -0.05) is 0 Å². The van der Waals surface area contributed by atoms with Crippen LogP contribution in [-0.4, -0.2) is 7.05 Å². The Balaban J connectivity index is -0.00000000500. The first-order valence-corrected chi connectivity index (χ1v) is 1.21. The van der Waals surface area contributed by atoms with E-state index in [2.05, 4.69) is 6.92 Å². The van der Waals surface area contributed by atoms with E-state index in [4.69, 9.17) is 5.73 Å². The van der Waals surface area contributed by atoms with E-state index in [1.807, 2.05) is 0 Å². The van der Waals surface area contributed by atoms with Crippen LogP contribution in [0.25, 0.3) is 5.73 Å². The molecule has 0 bridgehead atoms. The van der Waals surface area contributed by atoms with Gasteiger partial charge in [0.05, 0.1) is 0 Å². The fraction of sp³-hybridized carbons (Fsp3) is 0.667. The van der Waals surface area contributed by atoms with Crippen LogP contribution in [0.5, 0.6) is 0 Å². The minimum absolute atomic E-state index is 0. The molecule has 0 saturated heterocycles. The van der Waals surface area contributed by atoms with Crippen molar-refractivity contribution in [2.45, 2.75) is 6.92 Å². The summed E-state index contributed by atoms with van der Waals surface area (Å²) in [6.45, 7) is 5.00. The quantitative estimate of drug-likeness (QED) is 0.601. The standard InChI is InChI=1S/C2H5.CH4N.W.Y/c2*1-2;;/h1H2,2H3;2H,1H3;;/q2*-1;;. The Morgan fingerprint density at radius 3 is 1.17 bits per heavy atom. The van der Waals surface area contributed by atoms with E-state index in [0.717, 1.165) is 0 Å². The molecule has 0 atom stereocenters. The Labute approximate surface area is 79.6 Å². The van der Waals surface area contributed by atoms with Crippen molar-refractivity contribution in [1.29, 1.82) is 0 Å². The molecule has 1 nitrogen and oxygen atoms in total. The van der Waals surface area contributed by atoms with Crippen LogP contribution < -0.4 is 0 Å². The normalized spacial score (nSPS) is 2.00. The van der Waals surface area contributed by atoms with E-state index in [0.29, 0.717) is 0 Å². The van der Waals surface area contributed by atoms with Gasteiger partial charge in [-0.15, -0.1) is 0 Å². The Kier molecular flexibility index (Phi) is 304.